The van der Waals surface area contributed by atoms with Crippen molar-refractivity contribution in [1.82, 2.24) is 9.55 Å². The highest BCUT2D eigenvalue weighted by Gasteiger charge is 2.12. The Morgan fingerprint density at radius 2 is 1.95 bits per heavy atom. The predicted octanol–water partition coefficient (Wildman–Crippen LogP) is 5.28. The van der Waals surface area contributed by atoms with Crippen LogP contribution in [0.15, 0.2) is 46.9 Å². The number of rotatable bonds is 4. The minimum absolute atomic E-state index is 0.549. The summed E-state index contributed by atoms with van der Waals surface area (Å²) in [6.45, 7) is 0.756. The monoisotopic (exact) mass is 382 g/mol. The van der Waals surface area contributed by atoms with Crippen LogP contribution in [0.25, 0.3) is 11.0 Å². The average Bonchev–Trinajstić information content (AvgIpc) is 2.79. The SMILES string of the molecule is ClCCc1nc2cc(Cl)ccc2n1Cc1ccccc1Br. The Balaban J connectivity index is 2.11. The Bertz CT molecular complexity index is 783. The number of nitrogens with zero attached hydrogens (tertiary/aromatic N) is 2. The number of fused-ring (bicyclic) bond motifs is 1. The highest BCUT2D eigenvalue weighted by atomic mass is 79.9. The molecule has 0 aliphatic heterocycles. The van der Waals surface area contributed by atoms with Gasteiger partial charge in [0.15, 0.2) is 0 Å². The number of hydrogen-bond acceptors (Lipinski definition) is 1. The molecule has 0 saturated heterocycles. The standard InChI is InChI=1S/C16H13BrCl2N2/c17-13-4-2-1-3-11(13)10-21-15-6-5-12(19)9-14(15)20-16(21)7-8-18/h1-6,9H,7-8,10H2. The van der Waals surface area contributed by atoms with Gasteiger partial charge in [-0.3, -0.25) is 0 Å². The van der Waals surface area contributed by atoms with Crippen LogP contribution in [-0.2, 0) is 13.0 Å². The summed E-state index contributed by atoms with van der Waals surface area (Å²) in [5, 5.41) is 0.700. The molecular formula is C16H13BrCl2N2. The summed E-state index contributed by atoms with van der Waals surface area (Å²) in [7, 11) is 0. The van der Waals surface area contributed by atoms with Crippen LogP contribution in [0.2, 0.25) is 5.02 Å². The molecule has 0 amide bonds. The van der Waals surface area contributed by atoms with Gasteiger partial charge < -0.3 is 4.57 Å². The van der Waals surface area contributed by atoms with Crippen molar-refractivity contribution in [2.45, 2.75) is 13.0 Å². The summed E-state index contributed by atoms with van der Waals surface area (Å²) in [6, 6.07) is 14.0. The van der Waals surface area contributed by atoms with E-state index in [1.54, 1.807) is 0 Å². The molecule has 0 unspecified atom stereocenters. The second-order valence-corrected chi connectivity index (χ2v) is 6.45. The van der Waals surface area contributed by atoms with Gasteiger partial charge in [0.05, 0.1) is 17.6 Å². The maximum atomic E-state index is 6.06. The molecule has 0 saturated carbocycles. The fourth-order valence-electron chi connectivity index (χ4n) is 2.40. The first kappa shape index (κ1) is 14.9. The van der Waals surface area contributed by atoms with Crippen molar-refractivity contribution in [2.24, 2.45) is 0 Å². The van der Waals surface area contributed by atoms with Gasteiger partial charge in [-0.2, -0.15) is 0 Å². The van der Waals surface area contributed by atoms with E-state index in [0.717, 1.165) is 34.3 Å². The number of aromatic nitrogens is 2. The van der Waals surface area contributed by atoms with Crippen LogP contribution < -0.4 is 0 Å². The third-order valence-electron chi connectivity index (χ3n) is 3.39. The molecule has 3 aromatic rings. The molecule has 21 heavy (non-hydrogen) atoms. The van der Waals surface area contributed by atoms with Crippen molar-refractivity contribution in [3.63, 3.8) is 0 Å². The molecule has 0 bridgehead atoms. The first-order valence-electron chi connectivity index (χ1n) is 6.63. The topological polar surface area (TPSA) is 17.8 Å². The van der Waals surface area contributed by atoms with Crippen molar-refractivity contribution in [1.29, 1.82) is 0 Å². The molecule has 0 atom stereocenters. The molecule has 0 fully saturated rings. The molecular weight excluding hydrogens is 371 g/mol. The summed E-state index contributed by atoms with van der Waals surface area (Å²) >= 11 is 15.6. The molecule has 0 aliphatic rings. The second kappa shape index (κ2) is 6.39. The number of halogens is 3. The van der Waals surface area contributed by atoms with Crippen molar-refractivity contribution in [3.8, 4) is 0 Å². The van der Waals surface area contributed by atoms with Crippen LogP contribution in [0.5, 0.6) is 0 Å². The van der Waals surface area contributed by atoms with E-state index in [1.807, 2.05) is 36.4 Å². The molecule has 2 nitrogen and oxygen atoms in total. The van der Waals surface area contributed by atoms with E-state index in [1.165, 1.54) is 5.56 Å². The minimum Gasteiger partial charge on any atom is -0.323 e. The Morgan fingerprint density at radius 3 is 2.71 bits per heavy atom. The first-order chi connectivity index (χ1) is 10.2. The quantitative estimate of drug-likeness (QED) is 0.560. The fraction of sp³-hybridized carbons (Fsp3) is 0.188. The number of imidazole rings is 1. The largest absolute Gasteiger partial charge is 0.323 e. The van der Waals surface area contributed by atoms with Crippen LogP contribution in [0.4, 0.5) is 0 Å². The Morgan fingerprint density at radius 1 is 1.14 bits per heavy atom. The number of aryl methyl sites for hydroxylation is 1. The van der Waals surface area contributed by atoms with Gasteiger partial charge in [0.25, 0.3) is 0 Å². The van der Waals surface area contributed by atoms with Gasteiger partial charge in [0, 0.05) is 21.8 Å². The van der Waals surface area contributed by atoms with Crippen molar-refractivity contribution in [2.75, 3.05) is 5.88 Å². The van der Waals surface area contributed by atoms with E-state index < -0.39 is 0 Å². The lowest BCUT2D eigenvalue weighted by atomic mass is 10.2. The molecule has 2 aromatic carbocycles. The number of hydrogen-bond donors (Lipinski definition) is 0. The van der Waals surface area contributed by atoms with Crippen LogP contribution >= 0.6 is 39.1 Å². The Kier molecular flexibility index (Phi) is 4.53. The van der Waals surface area contributed by atoms with Gasteiger partial charge in [0.2, 0.25) is 0 Å². The molecule has 0 N–H and O–H groups in total. The highest BCUT2D eigenvalue weighted by Crippen LogP contribution is 2.24. The summed E-state index contributed by atoms with van der Waals surface area (Å²) in [5.41, 5.74) is 3.20. The molecule has 0 spiro atoms. The predicted molar refractivity (Wildman–Crippen MR) is 92.4 cm³/mol. The van der Waals surface area contributed by atoms with E-state index in [4.69, 9.17) is 23.2 Å². The van der Waals surface area contributed by atoms with Gasteiger partial charge >= 0.3 is 0 Å². The van der Waals surface area contributed by atoms with Crippen LogP contribution in [-0.4, -0.2) is 15.4 Å². The lowest BCUT2D eigenvalue weighted by Gasteiger charge is -2.10. The summed E-state index contributed by atoms with van der Waals surface area (Å²) in [5.74, 6) is 1.53. The van der Waals surface area contributed by atoms with Gasteiger partial charge in [-0.15, -0.1) is 11.6 Å². The Hall–Kier alpha value is -1.03. The normalized spacial score (nSPS) is 11.2. The van der Waals surface area contributed by atoms with Gasteiger partial charge in [-0.25, -0.2) is 4.98 Å². The first-order valence-corrected chi connectivity index (χ1v) is 8.33. The minimum atomic E-state index is 0.549. The third-order valence-corrected chi connectivity index (χ3v) is 4.59. The van der Waals surface area contributed by atoms with E-state index in [2.05, 4.69) is 31.5 Å². The maximum Gasteiger partial charge on any atom is 0.111 e. The zero-order valence-electron chi connectivity index (χ0n) is 11.2. The number of benzene rings is 2. The molecule has 1 aromatic heterocycles. The second-order valence-electron chi connectivity index (χ2n) is 4.78. The van der Waals surface area contributed by atoms with E-state index >= 15 is 0 Å². The van der Waals surface area contributed by atoms with Crippen molar-refractivity contribution in [3.05, 3.63) is 63.3 Å². The van der Waals surface area contributed by atoms with E-state index in [0.29, 0.717) is 10.9 Å². The summed E-state index contributed by atoms with van der Waals surface area (Å²) < 4.78 is 3.30. The van der Waals surface area contributed by atoms with Gasteiger partial charge in [0.1, 0.15) is 5.82 Å². The third kappa shape index (κ3) is 3.10. The number of alkyl halides is 1. The zero-order chi connectivity index (χ0) is 14.8. The molecule has 3 rings (SSSR count). The average molecular weight is 384 g/mol. The molecule has 0 aliphatic carbocycles. The fourth-order valence-corrected chi connectivity index (χ4v) is 3.15. The van der Waals surface area contributed by atoms with Gasteiger partial charge in [-0.05, 0) is 29.8 Å². The summed E-state index contributed by atoms with van der Waals surface area (Å²) in [6.07, 6.45) is 0.734. The lowest BCUT2D eigenvalue weighted by Crippen LogP contribution is -2.06. The maximum absolute atomic E-state index is 6.06. The molecule has 5 heteroatoms. The molecule has 1 heterocycles. The van der Waals surface area contributed by atoms with Crippen molar-refractivity contribution < 1.29 is 0 Å². The van der Waals surface area contributed by atoms with Crippen LogP contribution in [0, 0.1) is 0 Å². The van der Waals surface area contributed by atoms with E-state index in [9.17, 15) is 0 Å². The summed E-state index contributed by atoms with van der Waals surface area (Å²) in [4.78, 5) is 4.67. The smallest absolute Gasteiger partial charge is 0.111 e. The molecule has 108 valence electrons. The van der Waals surface area contributed by atoms with E-state index in [-0.39, 0.29) is 0 Å². The highest BCUT2D eigenvalue weighted by molar-refractivity contribution is 9.10. The zero-order valence-corrected chi connectivity index (χ0v) is 14.3. The van der Waals surface area contributed by atoms with Crippen molar-refractivity contribution >= 4 is 50.2 Å². The molecule has 0 radical (unpaired) electrons. The van der Waals surface area contributed by atoms with Crippen LogP contribution in [0.3, 0.4) is 0 Å². The van der Waals surface area contributed by atoms with Gasteiger partial charge in [-0.1, -0.05) is 45.7 Å². The lowest BCUT2D eigenvalue weighted by molar-refractivity contribution is 0.752. The van der Waals surface area contributed by atoms with Crippen LogP contribution in [0.1, 0.15) is 11.4 Å². The Labute approximate surface area is 141 Å².